The summed E-state index contributed by atoms with van der Waals surface area (Å²) in [7, 11) is 0. The number of azide groups is 1. The Balaban J connectivity index is 2.11. The van der Waals surface area contributed by atoms with E-state index in [1.54, 1.807) is 0 Å². The molecule has 0 bridgehead atoms. The van der Waals surface area contributed by atoms with Gasteiger partial charge in [-0.2, -0.15) is 5.53 Å². The highest BCUT2D eigenvalue weighted by Gasteiger charge is 2.16. The maximum atomic E-state index is 8.26. The second-order valence-electron chi connectivity index (χ2n) is 3.62. The summed E-state index contributed by atoms with van der Waals surface area (Å²) in [6.45, 7) is 1.10. The zero-order valence-corrected chi connectivity index (χ0v) is 9.01. The normalized spacial score (nSPS) is 16.8. The quantitative estimate of drug-likeness (QED) is 0.276. The molecule has 8 nitrogen and oxygen atoms in total. The maximum absolute atomic E-state index is 8.26. The zero-order chi connectivity index (χ0) is 12.1. The van der Waals surface area contributed by atoms with Gasteiger partial charge in [-0.1, -0.05) is 10.3 Å². The van der Waals surface area contributed by atoms with E-state index in [-0.39, 0.29) is 6.04 Å². The Bertz CT molecular complexity index is 464. The lowest BCUT2D eigenvalue weighted by atomic mass is 10.1. The molecule has 1 heterocycles. The first-order valence-electron chi connectivity index (χ1n) is 5.11. The smallest absolute Gasteiger partial charge is 0.0600 e. The topological polar surface area (TPSA) is 121 Å². The van der Waals surface area contributed by atoms with Gasteiger partial charge in [-0.05, 0) is 23.7 Å². The van der Waals surface area contributed by atoms with Gasteiger partial charge < -0.3 is 10.6 Å². The first kappa shape index (κ1) is 11.0. The van der Waals surface area contributed by atoms with Crippen LogP contribution in [0.4, 0.5) is 17.1 Å². The van der Waals surface area contributed by atoms with Gasteiger partial charge in [0, 0.05) is 24.0 Å². The summed E-state index contributed by atoms with van der Waals surface area (Å²) in [5, 5.41) is 13.1. The number of benzene rings is 1. The molecule has 0 spiro atoms. The third kappa shape index (κ3) is 2.56. The number of hydrogen-bond donors (Lipinski definition) is 4. The van der Waals surface area contributed by atoms with Crippen molar-refractivity contribution in [2.75, 3.05) is 29.1 Å². The third-order valence-corrected chi connectivity index (χ3v) is 2.47. The van der Waals surface area contributed by atoms with Crippen molar-refractivity contribution in [3.8, 4) is 0 Å². The van der Waals surface area contributed by atoms with Gasteiger partial charge in [-0.3, -0.25) is 5.43 Å². The van der Waals surface area contributed by atoms with Crippen molar-refractivity contribution < 1.29 is 0 Å². The number of fused-ring (bicyclic) bond motifs is 1. The predicted molar refractivity (Wildman–Crippen MR) is 65.1 cm³/mol. The Morgan fingerprint density at radius 1 is 1.53 bits per heavy atom. The van der Waals surface area contributed by atoms with Gasteiger partial charge in [0.1, 0.15) is 0 Å². The van der Waals surface area contributed by atoms with Gasteiger partial charge in [0.2, 0.25) is 0 Å². The molecule has 88 valence electrons. The Morgan fingerprint density at radius 3 is 3.18 bits per heavy atom. The van der Waals surface area contributed by atoms with E-state index in [0.29, 0.717) is 13.1 Å². The average Bonchev–Trinajstić information content (AvgIpc) is 2.36. The molecule has 0 amide bonds. The molecule has 1 atom stereocenters. The van der Waals surface area contributed by atoms with Crippen LogP contribution in [0.15, 0.2) is 28.5 Å². The largest absolute Gasteiger partial charge is 0.381 e. The van der Waals surface area contributed by atoms with Crippen LogP contribution in [0.2, 0.25) is 0 Å². The van der Waals surface area contributed by atoms with Crippen molar-refractivity contribution in [1.82, 2.24) is 0 Å². The first-order chi connectivity index (χ1) is 8.33. The molecule has 0 fully saturated rings. The number of rotatable bonds is 4. The monoisotopic (exact) mass is 232 g/mol. The van der Waals surface area contributed by atoms with Crippen LogP contribution in [-0.4, -0.2) is 19.1 Å². The van der Waals surface area contributed by atoms with E-state index in [9.17, 15) is 0 Å². The summed E-state index contributed by atoms with van der Waals surface area (Å²) in [6.07, 6.45) is 0. The molecule has 1 aliphatic rings. The summed E-state index contributed by atoms with van der Waals surface area (Å²) in [4.78, 5) is 2.74. The molecule has 2 rings (SSSR count). The van der Waals surface area contributed by atoms with Gasteiger partial charge >= 0.3 is 0 Å². The van der Waals surface area contributed by atoms with Crippen molar-refractivity contribution >= 4 is 17.1 Å². The molecular weight excluding hydrogens is 220 g/mol. The standard InChI is InChI=1S/C9H12N8/c10-16-13-5-7-4-12-9-3-6(15-17-11)1-2-8(9)14-7/h1-3,7,12,14H,4-5H2,(H2,11,15). The van der Waals surface area contributed by atoms with E-state index in [1.807, 2.05) is 18.2 Å². The molecule has 17 heavy (non-hydrogen) atoms. The highest BCUT2D eigenvalue weighted by Crippen LogP contribution is 2.29. The minimum absolute atomic E-state index is 0.0954. The molecule has 8 heteroatoms. The molecular formula is C9H12N8. The highest BCUT2D eigenvalue weighted by atomic mass is 15.4. The molecule has 0 saturated carbocycles. The van der Waals surface area contributed by atoms with Crippen molar-refractivity contribution in [2.24, 2.45) is 10.3 Å². The van der Waals surface area contributed by atoms with E-state index < -0.39 is 0 Å². The van der Waals surface area contributed by atoms with Gasteiger partial charge in [0.15, 0.2) is 0 Å². The lowest BCUT2D eigenvalue weighted by Crippen LogP contribution is -2.35. The lowest BCUT2D eigenvalue weighted by molar-refractivity contribution is 0.744. The van der Waals surface area contributed by atoms with Crippen LogP contribution >= 0.6 is 0 Å². The van der Waals surface area contributed by atoms with Crippen LogP contribution in [-0.2, 0) is 0 Å². The van der Waals surface area contributed by atoms with E-state index >= 15 is 0 Å². The molecule has 0 radical (unpaired) electrons. The number of nitrogens with zero attached hydrogens (tertiary/aromatic N) is 4. The molecule has 0 aromatic heterocycles. The second-order valence-corrected chi connectivity index (χ2v) is 3.62. The Hall–Kier alpha value is -2.47. The Labute approximate surface area is 97.5 Å². The van der Waals surface area contributed by atoms with E-state index in [0.717, 1.165) is 17.1 Å². The molecule has 0 saturated heterocycles. The van der Waals surface area contributed by atoms with Crippen LogP contribution < -0.4 is 16.1 Å². The first-order valence-corrected chi connectivity index (χ1v) is 5.11. The Morgan fingerprint density at radius 2 is 2.41 bits per heavy atom. The Kier molecular flexibility index (Phi) is 3.27. The lowest BCUT2D eigenvalue weighted by Gasteiger charge is -2.27. The van der Waals surface area contributed by atoms with Crippen LogP contribution in [0.25, 0.3) is 10.4 Å². The maximum Gasteiger partial charge on any atom is 0.0600 e. The fourth-order valence-electron chi connectivity index (χ4n) is 1.70. The van der Waals surface area contributed by atoms with Gasteiger partial charge in [0.05, 0.1) is 17.1 Å². The second kappa shape index (κ2) is 5.04. The number of hydrogen-bond acceptors (Lipinski definition) is 5. The van der Waals surface area contributed by atoms with E-state index in [4.69, 9.17) is 11.1 Å². The van der Waals surface area contributed by atoms with Crippen LogP contribution in [0.3, 0.4) is 0 Å². The van der Waals surface area contributed by atoms with Crippen molar-refractivity contribution in [1.29, 1.82) is 5.53 Å². The summed E-state index contributed by atoms with van der Waals surface area (Å²) in [5.41, 5.74) is 20.2. The highest BCUT2D eigenvalue weighted by molar-refractivity contribution is 5.75. The third-order valence-electron chi connectivity index (χ3n) is 2.47. The molecule has 1 unspecified atom stereocenters. The minimum atomic E-state index is 0.0954. The SMILES string of the molecule is [N-]=[N+]=NCC1CNc2cc(NN=N)ccc2N1. The van der Waals surface area contributed by atoms with Gasteiger partial charge in [-0.25, -0.2) is 0 Å². The van der Waals surface area contributed by atoms with E-state index in [2.05, 4.69) is 31.3 Å². The molecule has 0 aliphatic carbocycles. The van der Waals surface area contributed by atoms with Crippen LogP contribution in [0.5, 0.6) is 0 Å². The molecule has 4 N–H and O–H groups in total. The van der Waals surface area contributed by atoms with Gasteiger partial charge in [-0.15, -0.1) is 0 Å². The number of anilines is 3. The van der Waals surface area contributed by atoms with Crippen molar-refractivity contribution in [3.05, 3.63) is 28.6 Å². The molecule has 1 aliphatic heterocycles. The number of nitrogens with one attached hydrogen (secondary N) is 4. The van der Waals surface area contributed by atoms with Crippen molar-refractivity contribution in [2.45, 2.75) is 6.04 Å². The van der Waals surface area contributed by atoms with Crippen LogP contribution in [0.1, 0.15) is 0 Å². The summed E-state index contributed by atoms with van der Waals surface area (Å²) < 4.78 is 0. The minimum Gasteiger partial charge on any atom is -0.381 e. The fourth-order valence-corrected chi connectivity index (χ4v) is 1.70. The molecule has 1 aromatic carbocycles. The molecule has 1 aromatic rings. The van der Waals surface area contributed by atoms with Crippen LogP contribution in [0, 0.1) is 5.53 Å². The van der Waals surface area contributed by atoms with E-state index in [1.165, 1.54) is 0 Å². The average molecular weight is 232 g/mol. The van der Waals surface area contributed by atoms with Gasteiger partial charge in [0.25, 0.3) is 0 Å². The summed E-state index contributed by atoms with van der Waals surface area (Å²) in [6, 6.07) is 5.67. The van der Waals surface area contributed by atoms with Crippen molar-refractivity contribution in [3.63, 3.8) is 0 Å². The fraction of sp³-hybridized carbons (Fsp3) is 0.333. The summed E-state index contributed by atoms with van der Waals surface area (Å²) in [5.74, 6) is 0. The summed E-state index contributed by atoms with van der Waals surface area (Å²) >= 11 is 0. The predicted octanol–water partition coefficient (Wildman–Crippen LogP) is 2.56. The zero-order valence-electron chi connectivity index (χ0n) is 9.01.